The van der Waals surface area contributed by atoms with E-state index in [1.807, 2.05) is 6.07 Å². The van der Waals surface area contributed by atoms with Crippen molar-refractivity contribution in [2.24, 2.45) is 0 Å². The zero-order valence-electron chi connectivity index (χ0n) is 9.01. The molecule has 0 aliphatic heterocycles. The first-order valence-electron chi connectivity index (χ1n) is 4.41. The average molecular weight is 309 g/mol. The molecule has 0 saturated carbocycles. The number of thiol groups is 1. The molecule has 0 atom stereocenters. The van der Waals surface area contributed by atoms with Crippen molar-refractivity contribution in [2.45, 2.75) is 25.5 Å². The molecule has 1 nitrogen and oxygen atoms in total. The lowest BCUT2D eigenvalue weighted by atomic mass is 10.2. The lowest BCUT2D eigenvalue weighted by Crippen LogP contribution is -1.99. The highest BCUT2D eigenvalue weighted by Crippen LogP contribution is 2.18. The Bertz CT molecular complexity index is 308. The maximum atomic E-state index is 6.93. The van der Waals surface area contributed by atoms with Crippen LogP contribution in [0.1, 0.15) is 26.3 Å². The first-order valence-corrected chi connectivity index (χ1v) is 6.03. The lowest BCUT2D eigenvalue weighted by Gasteiger charge is -2.04. The van der Waals surface area contributed by atoms with Gasteiger partial charge in [-0.3, -0.25) is 0 Å². The summed E-state index contributed by atoms with van der Waals surface area (Å²) in [7, 11) is 0. The van der Waals surface area contributed by atoms with Crippen LogP contribution in [0.5, 0.6) is 0 Å². The molecule has 4 heteroatoms. The Kier molecular flexibility index (Phi) is 6.57. The van der Waals surface area contributed by atoms with E-state index in [-0.39, 0.29) is 4.75 Å². The highest BCUT2D eigenvalue weighted by atomic mass is 79.9. The zero-order chi connectivity index (χ0) is 12.1. The van der Waals surface area contributed by atoms with Gasteiger partial charge in [0.2, 0.25) is 0 Å². The van der Waals surface area contributed by atoms with Gasteiger partial charge in [-0.15, -0.1) is 0 Å². The van der Waals surface area contributed by atoms with Crippen LogP contribution in [0.3, 0.4) is 0 Å². The van der Waals surface area contributed by atoms with Gasteiger partial charge in [-0.2, -0.15) is 12.6 Å². The van der Waals surface area contributed by atoms with Crippen LogP contribution in [0.15, 0.2) is 22.7 Å². The summed E-state index contributed by atoms with van der Waals surface area (Å²) in [6, 6.07) is 5.35. The number of halogens is 2. The van der Waals surface area contributed by atoms with Crippen LogP contribution < -0.4 is 0 Å². The fourth-order valence-corrected chi connectivity index (χ4v) is 1.54. The molecule has 0 aliphatic rings. The maximum Gasteiger partial charge on any atom is 0.0423 e. The first kappa shape index (κ1) is 15.0. The van der Waals surface area contributed by atoms with Crippen LogP contribution in [0.2, 0.25) is 5.02 Å². The van der Waals surface area contributed by atoms with E-state index in [2.05, 4.69) is 49.3 Å². The zero-order valence-corrected chi connectivity index (χ0v) is 12.2. The largest absolute Gasteiger partial charge is 0.308 e. The molecule has 15 heavy (non-hydrogen) atoms. The summed E-state index contributed by atoms with van der Waals surface area (Å²) in [6.45, 7) is 6.16. The van der Waals surface area contributed by atoms with E-state index in [1.165, 1.54) is 6.21 Å². The second kappa shape index (κ2) is 6.56. The number of hydrogen-bond donors (Lipinski definition) is 2. The van der Waals surface area contributed by atoms with E-state index in [9.17, 15) is 0 Å². The molecule has 0 bridgehead atoms. The van der Waals surface area contributed by atoms with Gasteiger partial charge in [0, 0.05) is 20.5 Å². The molecule has 0 aliphatic carbocycles. The van der Waals surface area contributed by atoms with Crippen molar-refractivity contribution >= 4 is 46.4 Å². The highest BCUT2D eigenvalue weighted by molar-refractivity contribution is 9.10. The minimum atomic E-state index is 0.194. The van der Waals surface area contributed by atoms with Gasteiger partial charge in [0.15, 0.2) is 0 Å². The summed E-state index contributed by atoms with van der Waals surface area (Å²) in [5.41, 5.74) is 0.805. The fourth-order valence-electron chi connectivity index (χ4n) is 0.658. The average Bonchev–Trinajstić information content (AvgIpc) is 1.99. The molecule has 0 radical (unpaired) electrons. The van der Waals surface area contributed by atoms with E-state index in [0.717, 1.165) is 10.0 Å². The Balaban J connectivity index is 0.000000336. The number of rotatable bonds is 1. The van der Waals surface area contributed by atoms with Crippen LogP contribution in [-0.4, -0.2) is 11.0 Å². The van der Waals surface area contributed by atoms with Crippen LogP contribution in [0.4, 0.5) is 0 Å². The number of hydrogen-bond acceptors (Lipinski definition) is 2. The van der Waals surface area contributed by atoms with E-state index in [0.29, 0.717) is 5.02 Å². The van der Waals surface area contributed by atoms with E-state index in [4.69, 9.17) is 17.0 Å². The Morgan fingerprint density at radius 1 is 1.33 bits per heavy atom. The van der Waals surface area contributed by atoms with Crippen molar-refractivity contribution in [2.75, 3.05) is 0 Å². The standard InChI is InChI=1S/C7H5BrClN.C4H10S/c8-6-1-5(4-10)2-7(9)3-6;1-4(2,3)5/h1-4,10H;5H,1-3H3. The molecule has 1 aromatic rings. The summed E-state index contributed by atoms with van der Waals surface area (Å²) in [4.78, 5) is 0. The third-order valence-corrected chi connectivity index (χ3v) is 1.73. The minimum Gasteiger partial charge on any atom is -0.308 e. The van der Waals surface area contributed by atoms with Crippen molar-refractivity contribution in [1.82, 2.24) is 0 Å². The topological polar surface area (TPSA) is 23.9 Å². The summed E-state index contributed by atoms with van der Waals surface area (Å²) >= 11 is 13.1. The Morgan fingerprint density at radius 3 is 2.13 bits per heavy atom. The predicted octanol–water partition coefficient (Wildman–Crippen LogP) is 4.81. The molecule has 1 aromatic carbocycles. The second-order valence-electron chi connectivity index (χ2n) is 4.02. The summed E-state index contributed by atoms with van der Waals surface area (Å²) in [5.74, 6) is 0. The van der Waals surface area contributed by atoms with Crippen LogP contribution in [0.25, 0.3) is 0 Å². The van der Waals surface area contributed by atoms with Gasteiger partial charge >= 0.3 is 0 Å². The van der Waals surface area contributed by atoms with E-state index >= 15 is 0 Å². The van der Waals surface area contributed by atoms with Gasteiger partial charge in [-0.05, 0) is 23.8 Å². The van der Waals surface area contributed by atoms with Gasteiger partial charge in [0.05, 0.1) is 0 Å². The molecule has 0 amide bonds. The molecule has 1 N–H and O–H groups in total. The highest BCUT2D eigenvalue weighted by Gasteiger charge is 1.96. The molecular weight excluding hydrogens is 294 g/mol. The molecule has 1 rings (SSSR count). The lowest BCUT2D eigenvalue weighted by molar-refractivity contribution is 0.812. The maximum absolute atomic E-state index is 6.93. The Labute approximate surface area is 110 Å². The summed E-state index contributed by atoms with van der Waals surface area (Å²) < 4.78 is 1.10. The van der Waals surface area contributed by atoms with Gasteiger partial charge in [0.1, 0.15) is 0 Å². The molecular formula is C11H15BrClNS. The molecule has 0 saturated heterocycles. The van der Waals surface area contributed by atoms with Gasteiger partial charge in [-0.1, -0.05) is 48.3 Å². The third kappa shape index (κ3) is 10.3. The normalized spacial score (nSPS) is 10.3. The smallest absolute Gasteiger partial charge is 0.0423 e. The van der Waals surface area contributed by atoms with Crippen molar-refractivity contribution in [1.29, 1.82) is 5.41 Å². The molecule has 0 aromatic heterocycles. The second-order valence-corrected chi connectivity index (χ2v) is 6.71. The molecule has 0 heterocycles. The summed E-state index contributed by atoms with van der Waals surface area (Å²) in [6.07, 6.45) is 1.26. The Hall–Kier alpha value is 0.01000. The minimum absolute atomic E-state index is 0.194. The van der Waals surface area contributed by atoms with E-state index < -0.39 is 0 Å². The van der Waals surface area contributed by atoms with Crippen LogP contribution in [0, 0.1) is 5.41 Å². The predicted molar refractivity (Wildman–Crippen MR) is 75.8 cm³/mol. The van der Waals surface area contributed by atoms with Crippen molar-refractivity contribution < 1.29 is 0 Å². The molecule has 0 spiro atoms. The fraction of sp³-hybridized carbons (Fsp3) is 0.364. The molecule has 0 fully saturated rings. The quantitative estimate of drug-likeness (QED) is 0.549. The van der Waals surface area contributed by atoms with E-state index in [1.54, 1.807) is 12.1 Å². The van der Waals surface area contributed by atoms with Gasteiger partial charge in [0.25, 0.3) is 0 Å². The first-order chi connectivity index (χ1) is 6.72. The summed E-state index contributed by atoms with van der Waals surface area (Å²) in [5, 5.41) is 7.58. The van der Waals surface area contributed by atoms with Crippen molar-refractivity contribution in [3.05, 3.63) is 33.3 Å². The Morgan fingerprint density at radius 2 is 1.80 bits per heavy atom. The third-order valence-electron chi connectivity index (χ3n) is 1.05. The SMILES string of the molecule is CC(C)(C)S.N=Cc1cc(Cl)cc(Br)c1. The van der Waals surface area contributed by atoms with Gasteiger partial charge < -0.3 is 5.41 Å². The molecule has 0 unspecified atom stereocenters. The number of benzene rings is 1. The van der Waals surface area contributed by atoms with Crippen LogP contribution in [-0.2, 0) is 0 Å². The number of nitrogens with one attached hydrogen (secondary N) is 1. The van der Waals surface area contributed by atoms with Gasteiger partial charge in [-0.25, -0.2) is 0 Å². The van der Waals surface area contributed by atoms with Crippen molar-refractivity contribution in [3.63, 3.8) is 0 Å². The van der Waals surface area contributed by atoms with Crippen molar-refractivity contribution in [3.8, 4) is 0 Å². The molecule has 84 valence electrons. The van der Waals surface area contributed by atoms with Crippen LogP contribution >= 0.6 is 40.2 Å². The monoisotopic (exact) mass is 307 g/mol.